The van der Waals surface area contributed by atoms with Gasteiger partial charge in [0.1, 0.15) is 5.75 Å². The van der Waals surface area contributed by atoms with Gasteiger partial charge >= 0.3 is 6.03 Å². The van der Waals surface area contributed by atoms with Gasteiger partial charge in [0.25, 0.3) is 11.1 Å². The summed E-state index contributed by atoms with van der Waals surface area (Å²) < 4.78 is 11.2. The van der Waals surface area contributed by atoms with Gasteiger partial charge in [0, 0.05) is 13.1 Å². The molecule has 1 saturated heterocycles. The smallest absolute Gasteiger partial charge is 0.324 e. The second kappa shape index (κ2) is 7.56. The van der Waals surface area contributed by atoms with Crippen LogP contribution in [0.15, 0.2) is 33.9 Å². The van der Waals surface area contributed by atoms with Crippen LogP contribution in [0.25, 0.3) is 11.5 Å². The molecule has 1 aliphatic heterocycles. The van der Waals surface area contributed by atoms with Crippen LogP contribution < -0.4 is 10.1 Å². The topological polar surface area (TPSA) is 97.6 Å². The van der Waals surface area contributed by atoms with Crippen LogP contribution in [0.5, 0.6) is 5.75 Å². The number of hydrogen-bond donors (Lipinski definition) is 1. The zero-order valence-corrected chi connectivity index (χ0v) is 14.7. The standard InChI is InChI=1S/C16H18N4O4S/c1-3-23-12-7-5-4-6-11(12)13-18-19-16(24-13)25-10(2)14(21)20-9-8-17-15(20)22/h4-7,10H,3,8-9H2,1-2H3,(H,17,22)/t10-/m0/s1. The molecular weight excluding hydrogens is 344 g/mol. The van der Waals surface area contributed by atoms with Gasteiger partial charge in [0.05, 0.1) is 17.4 Å². The molecule has 0 unspecified atom stereocenters. The normalized spacial score (nSPS) is 15.1. The molecule has 132 valence electrons. The van der Waals surface area contributed by atoms with Gasteiger partial charge in [-0.1, -0.05) is 23.9 Å². The summed E-state index contributed by atoms with van der Waals surface area (Å²) in [5, 5.41) is 10.4. The summed E-state index contributed by atoms with van der Waals surface area (Å²) in [5.41, 5.74) is 0.696. The van der Waals surface area contributed by atoms with E-state index in [2.05, 4.69) is 15.5 Å². The molecule has 1 aliphatic rings. The van der Waals surface area contributed by atoms with Crippen LogP contribution >= 0.6 is 11.8 Å². The first-order chi connectivity index (χ1) is 12.1. The van der Waals surface area contributed by atoms with Crippen LogP contribution in [0, 0.1) is 0 Å². The molecule has 0 aliphatic carbocycles. The van der Waals surface area contributed by atoms with E-state index in [0.29, 0.717) is 36.9 Å². The van der Waals surface area contributed by atoms with Gasteiger partial charge < -0.3 is 14.5 Å². The highest BCUT2D eigenvalue weighted by molar-refractivity contribution is 8.00. The third-order valence-electron chi connectivity index (χ3n) is 3.57. The number of urea groups is 1. The lowest BCUT2D eigenvalue weighted by molar-refractivity contribution is -0.126. The van der Waals surface area contributed by atoms with Gasteiger partial charge in [-0.2, -0.15) is 0 Å². The van der Waals surface area contributed by atoms with E-state index in [0.717, 1.165) is 11.8 Å². The molecule has 0 saturated carbocycles. The van der Waals surface area contributed by atoms with E-state index in [1.807, 2.05) is 31.2 Å². The third-order valence-corrected chi connectivity index (χ3v) is 4.49. The summed E-state index contributed by atoms with van der Waals surface area (Å²) in [6.45, 7) is 4.97. The zero-order valence-electron chi connectivity index (χ0n) is 13.9. The Labute approximate surface area is 148 Å². The lowest BCUT2D eigenvalue weighted by Crippen LogP contribution is -2.38. The number of aromatic nitrogens is 2. The highest BCUT2D eigenvalue weighted by Crippen LogP contribution is 2.32. The van der Waals surface area contributed by atoms with Crippen molar-refractivity contribution in [2.24, 2.45) is 0 Å². The van der Waals surface area contributed by atoms with Crippen LogP contribution in [0.3, 0.4) is 0 Å². The molecule has 1 N–H and O–H groups in total. The van der Waals surface area contributed by atoms with E-state index in [9.17, 15) is 9.59 Å². The number of rotatable bonds is 6. The number of nitrogens with zero attached hydrogens (tertiary/aromatic N) is 3. The van der Waals surface area contributed by atoms with Gasteiger partial charge in [0.15, 0.2) is 0 Å². The second-order valence-corrected chi connectivity index (χ2v) is 6.58. The monoisotopic (exact) mass is 362 g/mol. The van der Waals surface area contributed by atoms with E-state index >= 15 is 0 Å². The molecule has 25 heavy (non-hydrogen) atoms. The summed E-state index contributed by atoms with van der Waals surface area (Å²) in [6.07, 6.45) is 0. The highest BCUT2D eigenvalue weighted by atomic mass is 32.2. The average Bonchev–Trinajstić information content (AvgIpc) is 3.24. The molecule has 0 bridgehead atoms. The summed E-state index contributed by atoms with van der Waals surface area (Å²) in [5.74, 6) is 0.697. The van der Waals surface area contributed by atoms with Gasteiger partial charge in [-0.3, -0.25) is 9.69 Å². The molecule has 2 heterocycles. The first kappa shape index (κ1) is 17.3. The first-order valence-corrected chi connectivity index (χ1v) is 8.79. The van der Waals surface area contributed by atoms with Crippen molar-refractivity contribution in [3.8, 4) is 17.2 Å². The van der Waals surface area contributed by atoms with Crippen molar-refractivity contribution in [2.75, 3.05) is 19.7 Å². The number of nitrogens with one attached hydrogen (secondary N) is 1. The largest absolute Gasteiger partial charge is 0.493 e. The number of benzene rings is 1. The molecule has 0 radical (unpaired) electrons. The molecule has 3 rings (SSSR count). The Morgan fingerprint density at radius 3 is 2.96 bits per heavy atom. The summed E-state index contributed by atoms with van der Waals surface area (Å²) >= 11 is 1.12. The van der Waals surface area contributed by atoms with E-state index in [4.69, 9.17) is 9.15 Å². The van der Waals surface area contributed by atoms with E-state index in [1.165, 1.54) is 4.90 Å². The Bertz CT molecular complexity index is 779. The fourth-order valence-corrected chi connectivity index (χ4v) is 3.14. The molecule has 1 aromatic heterocycles. The Kier molecular flexibility index (Phi) is 5.22. The van der Waals surface area contributed by atoms with Crippen molar-refractivity contribution in [3.05, 3.63) is 24.3 Å². The van der Waals surface area contributed by atoms with Gasteiger partial charge in [-0.15, -0.1) is 10.2 Å². The fourth-order valence-electron chi connectivity index (χ4n) is 2.39. The Balaban J connectivity index is 1.71. The quantitative estimate of drug-likeness (QED) is 0.786. The maximum atomic E-state index is 12.3. The van der Waals surface area contributed by atoms with E-state index in [-0.39, 0.29) is 17.2 Å². The molecule has 2 aromatic rings. The minimum absolute atomic E-state index is 0.266. The third kappa shape index (κ3) is 3.76. The van der Waals surface area contributed by atoms with Crippen molar-refractivity contribution in [1.29, 1.82) is 0 Å². The SMILES string of the molecule is CCOc1ccccc1-c1nnc(S[C@@H](C)C(=O)N2CCNC2=O)o1. The van der Waals surface area contributed by atoms with Crippen molar-refractivity contribution >= 4 is 23.7 Å². The molecule has 1 aromatic carbocycles. The molecule has 9 heteroatoms. The van der Waals surface area contributed by atoms with E-state index < -0.39 is 5.25 Å². The maximum Gasteiger partial charge on any atom is 0.324 e. The Morgan fingerprint density at radius 2 is 2.24 bits per heavy atom. The minimum atomic E-state index is -0.515. The molecular formula is C16H18N4O4S. The van der Waals surface area contributed by atoms with Gasteiger partial charge in [-0.05, 0) is 26.0 Å². The van der Waals surface area contributed by atoms with Crippen molar-refractivity contribution in [2.45, 2.75) is 24.3 Å². The number of carbonyl (C=O) groups is 2. The number of imide groups is 1. The Morgan fingerprint density at radius 1 is 1.44 bits per heavy atom. The van der Waals surface area contributed by atoms with Crippen molar-refractivity contribution in [1.82, 2.24) is 20.4 Å². The number of carbonyl (C=O) groups excluding carboxylic acids is 2. The molecule has 3 amide bonds. The lowest BCUT2D eigenvalue weighted by atomic mass is 10.2. The summed E-state index contributed by atoms with van der Waals surface area (Å²) in [7, 11) is 0. The molecule has 0 spiro atoms. The number of thioether (sulfide) groups is 1. The van der Waals surface area contributed by atoms with Crippen LogP contribution in [-0.2, 0) is 4.79 Å². The summed E-state index contributed by atoms with van der Waals surface area (Å²) in [6, 6.07) is 7.01. The molecule has 8 nitrogen and oxygen atoms in total. The number of amides is 3. The number of para-hydroxylation sites is 1. The Hall–Kier alpha value is -2.55. The van der Waals surface area contributed by atoms with Crippen molar-refractivity contribution in [3.63, 3.8) is 0 Å². The number of ether oxygens (including phenoxy) is 1. The fraction of sp³-hybridized carbons (Fsp3) is 0.375. The minimum Gasteiger partial charge on any atom is -0.493 e. The highest BCUT2D eigenvalue weighted by Gasteiger charge is 2.31. The maximum absolute atomic E-state index is 12.3. The number of hydrogen-bond acceptors (Lipinski definition) is 7. The van der Waals surface area contributed by atoms with Gasteiger partial charge in [0.2, 0.25) is 5.91 Å². The molecule has 1 fully saturated rings. The zero-order chi connectivity index (χ0) is 17.8. The predicted molar refractivity (Wildman–Crippen MR) is 91.3 cm³/mol. The van der Waals surface area contributed by atoms with Crippen LogP contribution in [0.1, 0.15) is 13.8 Å². The van der Waals surface area contributed by atoms with Crippen molar-refractivity contribution < 1.29 is 18.7 Å². The van der Waals surface area contributed by atoms with Crippen LogP contribution in [0.4, 0.5) is 4.79 Å². The van der Waals surface area contributed by atoms with Gasteiger partial charge in [-0.25, -0.2) is 4.79 Å². The first-order valence-electron chi connectivity index (χ1n) is 7.91. The van der Waals surface area contributed by atoms with Crippen LogP contribution in [0.2, 0.25) is 0 Å². The second-order valence-electron chi connectivity index (χ2n) is 5.28. The predicted octanol–water partition coefficient (Wildman–Crippen LogP) is 2.17. The summed E-state index contributed by atoms with van der Waals surface area (Å²) in [4.78, 5) is 25.1. The lowest BCUT2D eigenvalue weighted by Gasteiger charge is -2.15. The molecule has 1 atom stereocenters. The van der Waals surface area contributed by atoms with Crippen LogP contribution in [-0.4, -0.2) is 52.0 Å². The average molecular weight is 362 g/mol. The van der Waals surface area contributed by atoms with E-state index in [1.54, 1.807) is 6.92 Å².